The average molecular weight is 322 g/mol. The maximum Gasteiger partial charge on any atom is 0.322 e. The Bertz CT molecular complexity index is 750. The van der Waals surface area contributed by atoms with E-state index in [4.69, 9.17) is 5.26 Å². The molecule has 1 heterocycles. The van der Waals surface area contributed by atoms with E-state index in [0.717, 1.165) is 22.4 Å². The normalized spacial score (nSPS) is 10.1. The summed E-state index contributed by atoms with van der Waals surface area (Å²) in [6, 6.07) is 9.68. The Morgan fingerprint density at radius 3 is 2.67 bits per heavy atom. The molecular weight excluding hydrogens is 300 g/mol. The van der Waals surface area contributed by atoms with Gasteiger partial charge in [-0.05, 0) is 55.2 Å². The Labute approximate surface area is 142 Å². The minimum Gasteiger partial charge on any atom is -0.319 e. The topological polar surface area (TPSA) is 69.0 Å². The second kappa shape index (κ2) is 8.11. The van der Waals surface area contributed by atoms with Gasteiger partial charge >= 0.3 is 6.03 Å². The van der Waals surface area contributed by atoms with Crippen LogP contribution in [0, 0.1) is 32.1 Å². The molecule has 124 valence electrons. The maximum atomic E-state index is 12.7. The van der Waals surface area contributed by atoms with E-state index in [-0.39, 0.29) is 6.03 Å². The van der Waals surface area contributed by atoms with Crippen molar-refractivity contribution in [2.45, 2.75) is 33.7 Å². The number of nitriles is 1. The highest BCUT2D eigenvalue weighted by Gasteiger charge is 2.15. The van der Waals surface area contributed by atoms with Crippen LogP contribution in [-0.4, -0.2) is 22.5 Å². The molecule has 5 nitrogen and oxygen atoms in total. The number of amides is 2. The van der Waals surface area contributed by atoms with E-state index < -0.39 is 0 Å². The summed E-state index contributed by atoms with van der Waals surface area (Å²) in [7, 11) is 0. The van der Waals surface area contributed by atoms with Crippen molar-refractivity contribution in [3.63, 3.8) is 0 Å². The molecule has 0 saturated heterocycles. The Balaban J connectivity index is 2.15. The largest absolute Gasteiger partial charge is 0.322 e. The van der Waals surface area contributed by atoms with Gasteiger partial charge < -0.3 is 10.2 Å². The van der Waals surface area contributed by atoms with Crippen LogP contribution in [-0.2, 0) is 6.54 Å². The van der Waals surface area contributed by atoms with E-state index in [1.807, 2.05) is 32.0 Å². The number of anilines is 1. The third-order valence-corrected chi connectivity index (χ3v) is 3.96. The van der Waals surface area contributed by atoms with E-state index in [1.165, 1.54) is 5.56 Å². The van der Waals surface area contributed by atoms with E-state index in [9.17, 15) is 4.79 Å². The molecule has 1 aromatic carbocycles. The molecule has 2 rings (SSSR count). The summed E-state index contributed by atoms with van der Waals surface area (Å²) in [6.07, 6.45) is 3.72. The van der Waals surface area contributed by atoms with Gasteiger partial charge in [-0.1, -0.05) is 12.1 Å². The van der Waals surface area contributed by atoms with Gasteiger partial charge in [0.2, 0.25) is 0 Å². The molecule has 1 aromatic heterocycles. The molecule has 0 atom stereocenters. The summed E-state index contributed by atoms with van der Waals surface area (Å²) in [6.45, 7) is 6.85. The number of rotatable bonds is 5. The van der Waals surface area contributed by atoms with Gasteiger partial charge in [0.15, 0.2) is 0 Å². The molecule has 0 fully saturated rings. The summed E-state index contributed by atoms with van der Waals surface area (Å²) in [4.78, 5) is 18.4. The Morgan fingerprint density at radius 1 is 1.25 bits per heavy atom. The summed E-state index contributed by atoms with van der Waals surface area (Å²) < 4.78 is 0. The number of aromatic nitrogens is 1. The van der Waals surface area contributed by atoms with Crippen LogP contribution in [0.25, 0.3) is 0 Å². The first kappa shape index (κ1) is 17.5. The van der Waals surface area contributed by atoms with Crippen molar-refractivity contribution in [2.24, 2.45) is 0 Å². The fourth-order valence-corrected chi connectivity index (χ4v) is 2.44. The Kier molecular flexibility index (Phi) is 5.91. The fraction of sp³-hybridized carbons (Fsp3) is 0.316. The van der Waals surface area contributed by atoms with Crippen molar-refractivity contribution in [2.75, 3.05) is 11.9 Å². The predicted molar refractivity (Wildman–Crippen MR) is 94.5 cm³/mol. The molecule has 0 radical (unpaired) electrons. The average Bonchev–Trinajstić information content (AvgIpc) is 2.57. The van der Waals surface area contributed by atoms with Crippen LogP contribution >= 0.6 is 0 Å². The van der Waals surface area contributed by atoms with Gasteiger partial charge in [0.05, 0.1) is 12.5 Å². The first-order valence-electron chi connectivity index (χ1n) is 7.91. The number of aryl methyl sites for hydroxylation is 3. The summed E-state index contributed by atoms with van der Waals surface area (Å²) in [5, 5.41) is 11.8. The second-order valence-electron chi connectivity index (χ2n) is 5.87. The van der Waals surface area contributed by atoms with Crippen LogP contribution in [0.15, 0.2) is 36.7 Å². The van der Waals surface area contributed by atoms with Gasteiger partial charge in [-0.3, -0.25) is 4.98 Å². The lowest BCUT2D eigenvalue weighted by Gasteiger charge is -2.23. The number of carbonyl (C=O) groups excluding carboxylic acids is 1. The lowest BCUT2D eigenvalue weighted by molar-refractivity contribution is 0.210. The monoisotopic (exact) mass is 322 g/mol. The molecule has 0 unspecified atom stereocenters. The minimum atomic E-state index is -0.208. The number of hydrogen-bond donors (Lipinski definition) is 1. The maximum absolute atomic E-state index is 12.7. The lowest BCUT2D eigenvalue weighted by atomic mass is 10.1. The number of hydrogen-bond acceptors (Lipinski definition) is 3. The number of nitrogens with one attached hydrogen (secondary N) is 1. The first-order valence-corrected chi connectivity index (χ1v) is 7.91. The van der Waals surface area contributed by atoms with E-state index >= 15 is 0 Å². The summed E-state index contributed by atoms with van der Waals surface area (Å²) in [5.74, 6) is 0. The molecular formula is C19H22N4O. The SMILES string of the molecule is Cc1cc(C)c(NC(=O)N(CCC#N)Cc2cccnc2)cc1C. The van der Waals surface area contributed by atoms with Gasteiger partial charge in [-0.25, -0.2) is 4.79 Å². The van der Waals surface area contributed by atoms with Gasteiger partial charge in [0, 0.05) is 31.2 Å². The molecule has 2 aromatic rings. The standard InChI is InChI=1S/C19H22N4O/c1-14-10-16(3)18(11-15(14)2)22-19(24)23(9-5-7-20)13-17-6-4-8-21-12-17/h4,6,8,10-12H,5,9,13H2,1-3H3,(H,22,24). The van der Waals surface area contributed by atoms with Gasteiger partial charge in [-0.2, -0.15) is 5.26 Å². The van der Waals surface area contributed by atoms with Crippen molar-refractivity contribution < 1.29 is 4.79 Å². The van der Waals surface area contributed by atoms with Crippen molar-refractivity contribution in [3.05, 3.63) is 58.9 Å². The van der Waals surface area contributed by atoms with Crippen molar-refractivity contribution in [1.29, 1.82) is 5.26 Å². The molecule has 0 saturated carbocycles. The number of carbonyl (C=O) groups is 1. The zero-order valence-corrected chi connectivity index (χ0v) is 14.3. The number of pyridine rings is 1. The number of benzene rings is 1. The van der Waals surface area contributed by atoms with Crippen molar-refractivity contribution in [3.8, 4) is 6.07 Å². The highest BCUT2D eigenvalue weighted by molar-refractivity contribution is 5.90. The third-order valence-electron chi connectivity index (χ3n) is 3.96. The van der Waals surface area contributed by atoms with Gasteiger partial charge in [0.25, 0.3) is 0 Å². The quantitative estimate of drug-likeness (QED) is 0.906. The molecule has 0 spiro atoms. The van der Waals surface area contributed by atoms with Crippen LogP contribution < -0.4 is 5.32 Å². The molecule has 0 aliphatic rings. The van der Waals surface area contributed by atoms with Crippen LogP contribution in [0.4, 0.5) is 10.5 Å². The molecule has 2 amide bonds. The minimum absolute atomic E-state index is 0.208. The zero-order chi connectivity index (χ0) is 17.5. The first-order chi connectivity index (χ1) is 11.5. The lowest BCUT2D eigenvalue weighted by Crippen LogP contribution is -2.35. The van der Waals surface area contributed by atoms with Crippen molar-refractivity contribution in [1.82, 2.24) is 9.88 Å². The fourth-order valence-electron chi connectivity index (χ4n) is 2.44. The molecule has 0 bridgehead atoms. The third kappa shape index (κ3) is 4.56. The molecule has 0 aliphatic carbocycles. The number of nitrogens with zero attached hydrogens (tertiary/aromatic N) is 3. The zero-order valence-electron chi connectivity index (χ0n) is 14.3. The summed E-state index contributed by atoms with van der Waals surface area (Å²) in [5.41, 5.74) is 5.08. The van der Waals surface area contributed by atoms with Crippen molar-refractivity contribution >= 4 is 11.7 Å². The van der Waals surface area contributed by atoms with E-state index in [1.54, 1.807) is 17.3 Å². The molecule has 24 heavy (non-hydrogen) atoms. The second-order valence-corrected chi connectivity index (χ2v) is 5.87. The van der Waals surface area contributed by atoms with Crippen LogP contribution in [0.2, 0.25) is 0 Å². The predicted octanol–water partition coefficient (Wildman–Crippen LogP) is 3.95. The van der Waals surface area contributed by atoms with Crippen LogP contribution in [0.5, 0.6) is 0 Å². The van der Waals surface area contributed by atoms with Gasteiger partial charge in [0.1, 0.15) is 0 Å². The van der Waals surface area contributed by atoms with Crippen LogP contribution in [0.1, 0.15) is 28.7 Å². The van der Waals surface area contributed by atoms with Gasteiger partial charge in [-0.15, -0.1) is 0 Å². The molecule has 5 heteroatoms. The van der Waals surface area contributed by atoms with E-state index in [2.05, 4.69) is 29.4 Å². The van der Waals surface area contributed by atoms with Crippen LogP contribution in [0.3, 0.4) is 0 Å². The Morgan fingerprint density at radius 2 is 2.00 bits per heavy atom. The highest BCUT2D eigenvalue weighted by Crippen LogP contribution is 2.20. The molecule has 1 N–H and O–H groups in total. The molecule has 0 aliphatic heterocycles. The van der Waals surface area contributed by atoms with E-state index in [0.29, 0.717) is 19.5 Å². The smallest absolute Gasteiger partial charge is 0.319 e. The Hall–Kier alpha value is -2.87. The number of urea groups is 1. The highest BCUT2D eigenvalue weighted by atomic mass is 16.2. The summed E-state index contributed by atoms with van der Waals surface area (Å²) >= 11 is 0.